The summed E-state index contributed by atoms with van der Waals surface area (Å²) in [5.41, 5.74) is 0. The van der Waals surface area contributed by atoms with Crippen LogP contribution in [0, 0.1) is 0 Å². The smallest absolute Gasteiger partial charge is 0.243 e. The number of alkyl halides is 3. The Morgan fingerprint density at radius 3 is 2.44 bits per heavy atom. The van der Waals surface area contributed by atoms with Gasteiger partial charge in [-0.05, 0) is 13.1 Å². The van der Waals surface area contributed by atoms with Gasteiger partial charge in [0.1, 0.15) is 0 Å². The van der Waals surface area contributed by atoms with Crippen LogP contribution in [0.25, 0.3) is 4.96 Å². The van der Waals surface area contributed by atoms with Gasteiger partial charge in [0.2, 0.25) is 8.75 Å². The van der Waals surface area contributed by atoms with Crippen LogP contribution in [-0.4, -0.2) is 37.8 Å². The summed E-state index contributed by atoms with van der Waals surface area (Å²) in [4.78, 5) is 2.85. The van der Waals surface area contributed by atoms with E-state index < -0.39 is 3.79 Å². The summed E-state index contributed by atoms with van der Waals surface area (Å²) in [6, 6.07) is 0. The second-order valence-electron chi connectivity index (χ2n) is 3.68. The molecule has 0 spiro atoms. The fraction of sp³-hybridized carbons (Fsp3) is 0.667. The van der Waals surface area contributed by atoms with Gasteiger partial charge in [0.05, 0.1) is 6.54 Å². The molecule has 0 saturated carbocycles. The van der Waals surface area contributed by atoms with Gasteiger partial charge in [-0.2, -0.15) is 9.61 Å². The van der Waals surface area contributed by atoms with Crippen molar-refractivity contribution in [3.63, 3.8) is 0 Å². The third kappa shape index (κ3) is 2.88. The van der Waals surface area contributed by atoms with Gasteiger partial charge >= 0.3 is 0 Å². The van der Waals surface area contributed by atoms with Crippen molar-refractivity contribution in [1.29, 1.82) is 0 Å². The highest BCUT2D eigenvalue weighted by atomic mass is 35.6. The average Bonchev–Trinajstić information content (AvgIpc) is 2.85. The van der Waals surface area contributed by atoms with E-state index in [0.29, 0.717) is 16.5 Å². The molecule has 2 aromatic heterocycles. The van der Waals surface area contributed by atoms with Gasteiger partial charge in [0.25, 0.3) is 0 Å². The first-order chi connectivity index (χ1) is 8.45. The van der Waals surface area contributed by atoms with E-state index in [0.717, 1.165) is 18.9 Å². The third-order valence-corrected chi connectivity index (χ3v) is 4.45. The van der Waals surface area contributed by atoms with Crippen LogP contribution in [0.15, 0.2) is 0 Å². The predicted octanol–water partition coefficient (Wildman–Crippen LogP) is 2.85. The first kappa shape index (κ1) is 14.3. The third-order valence-electron chi connectivity index (χ3n) is 2.56. The molecule has 0 fully saturated rings. The molecule has 0 aromatic carbocycles. The Morgan fingerprint density at radius 2 is 1.89 bits per heavy atom. The summed E-state index contributed by atoms with van der Waals surface area (Å²) in [5, 5.41) is 12.8. The second kappa shape index (κ2) is 5.46. The molecule has 18 heavy (non-hydrogen) atoms. The molecule has 0 amide bonds. The number of hydrogen-bond donors (Lipinski definition) is 0. The number of fused-ring (bicyclic) bond motifs is 1. The largest absolute Gasteiger partial charge is 0.296 e. The molecular formula is C9H12Cl3N5S. The van der Waals surface area contributed by atoms with Crippen molar-refractivity contribution in [2.45, 2.75) is 24.2 Å². The van der Waals surface area contributed by atoms with E-state index in [1.165, 1.54) is 11.3 Å². The van der Waals surface area contributed by atoms with E-state index in [4.69, 9.17) is 34.8 Å². The monoisotopic (exact) mass is 327 g/mol. The number of rotatable bonds is 4. The van der Waals surface area contributed by atoms with E-state index in [-0.39, 0.29) is 0 Å². The summed E-state index contributed by atoms with van der Waals surface area (Å²) in [7, 11) is 0. The van der Waals surface area contributed by atoms with Crippen molar-refractivity contribution >= 4 is 51.1 Å². The zero-order chi connectivity index (χ0) is 13.3. The molecule has 0 aliphatic rings. The molecule has 0 bridgehead atoms. The van der Waals surface area contributed by atoms with Crippen LogP contribution in [0.1, 0.15) is 24.7 Å². The van der Waals surface area contributed by atoms with Crippen molar-refractivity contribution in [2.24, 2.45) is 0 Å². The minimum atomic E-state index is -1.52. The van der Waals surface area contributed by atoms with Crippen LogP contribution in [-0.2, 0) is 10.3 Å². The fourth-order valence-corrected chi connectivity index (χ4v) is 2.70. The van der Waals surface area contributed by atoms with Crippen molar-refractivity contribution in [2.75, 3.05) is 13.1 Å². The molecule has 5 nitrogen and oxygen atoms in total. The van der Waals surface area contributed by atoms with Gasteiger partial charge in [0.15, 0.2) is 10.8 Å². The normalized spacial score (nSPS) is 12.8. The van der Waals surface area contributed by atoms with Crippen LogP contribution < -0.4 is 0 Å². The van der Waals surface area contributed by atoms with Gasteiger partial charge in [-0.25, -0.2) is 0 Å². The molecule has 0 radical (unpaired) electrons. The van der Waals surface area contributed by atoms with Gasteiger partial charge in [-0.15, -0.1) is 10.2 Å². The van der Waals surface area contributed by atoms with Crippen LogP contribution in [0.2, 0.25) is 0 Å². The van der Waals surface area contributed by atoms with E-state index in [9.17, 15) is 0 Å². The molecule has 0 atom stereocenters. The fourth-order valence-electron chi connectivity index (χ4n) is 1.52. The maximum atomic E-state index is 5.81. The maximum Gasteiger partial charge on any atom is 0.243 e. The van der Waals surface area contributed by atoms with Crippen LogP contribution in [0.3, 0.4) is 0 Å². The molecule has 0 aliphatic carbocycles. The molecule has 2 rings (SSSR count). The Balaban J connectivity index is 2.32. The Morgan fingerprint density at radius 1 is 1.22 bits per heavy atom. The zero-order valence-corrected chi connectivity index (χ0v) is 13.0. The van der Waals surface area contributed by atoms with Gasteiger partial charge in [-0.1, -0.05) is 60.0 Å². The predicted molar refractivity (Wildman–Crippen MR) is 74.5 cm³/mol. The molecule has 100 valence electrons. The Kier molecular flexibility index (Phi) is 4.33. The molecule has 0 unspecified atom stereocenters. The van der Waals surface area contributed by atoms with E-state index in [1.54, 1.807) is 4.52 Å². The van der Waals surface area contributed by atoms with Gasteiger partial charge < -0.3 is 0 Å². The minimum Gasteiger partial charge on any atom is -0.296 e. The second-order valence-corrected chi connectivity index (χ2v) is 6.91. The first-order valence-electron chi connectivity index (χ1n) is 5.46. The maximum absolute atomic E-state index is 5.81. The quantitative estimate of drug-likeness (QED) is 0.810. The number of aromatic nitrogens is 4. The zero-order valence-electron chi connectivity index (χ0n) is 9.90. The lowest BCUT2D eigenvalue weighted by molar-refractivity contribution is 0.286. The highest BCUT2D eigenvalue weighted by Crippen LogP contribution is 2.40. The standard InChI is InChI=1S/C9H12Cl3N5S/c1-3-16(4-2)5-6-13-14-8-17(6)15-7(18-8)9(10,11)12/h3-5H2,1-2H3. The average molecular weight is 329 g/mol. The minimum absolute atomic E-state index is 0.401. The lowest BCUT2D eigenvalue weighted by Crippen LogP contribution is -2.23. The summed E-state index contributed by atoms with van der Waals surface area (Å²) in [6.07, 6.45) is 0. The van der Waals surface area contributed by atoms with E-state index in [1.807, 2.05) is 0 Å². The molecule has 2 heterocycles. The Labute approximate surface area is 124 Å². The molecule has 0 saturated heterocycles. The lowest BCUT2D eigenvalue weighted by atomic mass is 10.4. The Hall–Kier alpha value is -0.140. The topological polar surface area (TPSA) is 46.3 Å². The van der Waals surface area contributed by atoms with E-state index in [2.05, 4.69) is 34.0 Å². The SMILES string of the molecule is CCN(CC)Cc1nnc2sc(C(Cl)(Cl)Cl)nn12. The number of halogens is 3. The lowest BCUT2D eigenvalue weighted by Gasteiger charge is -2.15. The summed E-state index contributed by atoms with van der Waals surface area (Å²) in [6.45, 7) is 6.74. The summed E-state index contributed by atoms with van der Waals surface area (Å²) < 4.78 is 0.123. The van der Waals surface area contributed by atoms with Crippen molar-refractivity contribution in [3.05, 3.63) is 10.8 Å². The molecule has 9 heteroatoms. The van der Waals surface area contributed by atoms with Crippen LogP contribution in [0.4, 0.5) is 0 Å². The van der Waals surface area contributed by atoms with Crippen LogP contribution >= 0.6 is 46.1 Å². The number of nitrogens with zero attached hydrogens (tertiary/aromatic N) is 5. The highest BCUT2D eigenvalue weighted by molar-refractivity contribution is 7.17. The van der Waals surface area contributed by atoms with Crippen molar-refractivity contribution in [1.82, 2.24) is 24.7 Å². The van der Waals surface area contributed by atoms with Crippen molar-refractivity contribution < 1.29 is 0 Å². The molecule has 0 N–H and O–H groups in total. The van der Waals surface area contributed by atoms with Crippen molar-refractivity contribution in [3.8, 4) is 0 Å². The van der Waals surface area contributed by atoms with Crippen LogP contribution in [0.5, 0.6) is 0 Å². The molecular weight excluding hydrogens is 317 g/mol. The van der Waals surface area contributed by atoms with Gasteiger partial charge in [-0.3, -0.25) is 4.90 Å². The highest BCUT2D eigenvalue weighted by Gasteiger charge is 2.29. The summed E-state index contributed by atoms with van der Waals surface area (Å²) in [5.74, 6) is 0.755. The number of hydrogen-bond acceptors (Lipinski definition) is 5. The Bertz CT molecular complexity index is 528. The first-order valence-corrected chi connectivity index (χ1v) is 7.41. The molecule has 2 aromatic rings. The van der Waals surface area contributed by atoms with Gasteiger partial charge in [0, 0.05) is 0 Å². The van der Waals surface area contributed by atoms with E-state index >= 15 is 0 Å². The molecule has 0 aliphatic heterocycles. The summed E-state index contributed by atoms with van der Waals surface area (Å²) >= 11 is 18.7.